The molecule has 6 nitrogen and oxygen atoms in total. The van der Waals surface area contributed by atoms with Gasteiger partial charge in [-0.1, -0.05) is 32.8 Å². The molecule has 1 aromatic rings. The highest BCUT2D eigenvalue weighted by Gasteiger charge is 2.47. The minimum atomic E-state index is -3.24. The Morgan fingerprint density at radius 2 is 1.92 bits per heavy atom. The molecule has 0 aromatic heterocycles. The monoisotopic (exact) mass is 351 g/mol. The van der Waals surface area contributed by atoms with E-state index in [2.05, 4.69) is 15.4 Å². The third-order valence-electron chi connectivity index (χ3n) is 4.85. The Bertz CT molecular complexity index is 718. The van der Waals surface area contributed by atoms with E-state index < -0.39 is 10.0 Å². The number of amides is 1. The van der Waals surface area contributed by atoms with Crippen LogP contribution in [-0.2, 0) is 14.8 Å². The molecule has 0 spiro atoms. The summed E-state index contributed by atoms with van der Waals surface area (Å²) < 4.78 is 27.3. The van der Waals surface area contributed by atoms with Gasteiger partial charge in [-0.05, 0) is 31.0 Å². The zero-order valence-corrected chi connectivity index (χ0v) is 14.9. The number of sulfonamides is 1. The first-order valence-corrected chi connectivity index (χ1v) is 10.1. The summed E-state index contributed by atoms with van der Waals surface area (Å²) in [5.74, 6) is -0.0371. The number of benzene rings is 1. The molecular weight excluding hydrogens is 326 g/mol. The summed E-state index contributed by atoms with van der Waals surface area (Å²) >= 11 is 0. The standard InChI is InChI=1S/C17H25N3O3S/c1-11(2)17(21)19-13-7-5-6-12(10-13)18-16-14-8-3-4-9-15(14)24(22,23)20-16/h5-7,10-11,14-16,18,20H,3-4,8-9H2,1-2H3,(H,19,21). The lowest BCUT2D eigenvalue weighted by Gasteiger charge is -2.27. The maximum Gasteiger partial charge on any atom is 0.226 e. The third kappa shape index (κ3) is 3.57. The van der Waals surface area contributed by atoms with E-state index in [9.17, 15) is 13.2 Å². The molecule has 1 amide bonds. The van der Waals surface area contributed by atoms with E-state index >= 15 is 0 Å². The van der Waals surface area contributed by atoms with Crippen molar-refractivity contribution >= 4 is 27.3 Å². The molecule has 1 heterocycles. The molecule has 3 rings (SSSR count). The highest BCUT2D eigenvalue weighted by Crippen LogP contribution is 2.37. The first kappa shape index (κ1) is 17.2. The van der Waals surface area contributed by atoms with Gasteiger partial charge >= 0.3 is 0 Å². The van der Waals surface area contributed by atoms with E-state index in [1.807, 2.05) is 38.1 Å². The van der Waals surface area contributed by atoms with Crippen molar-refractivity contribution in [3.63, 3.8) is 0 Å². The molecule has 1 aromatic carbocycles. The Hall–Kier alpha value is -1.60. The van der Waals surface area contributed by atoms with E-state index in [-0.39, 0.29) is 29.2 Å². The Kier molecular flexibility index (Phi) is 4.83. The normalized spacial score (nSPS) is 28.4. The molecule has 3 N–H and O–H groups in total. The molecule has 2 aliphatic rings. The summed E-state index contributed by atoms with van der Waals surface area (Å²) in [6, 6.07) is 7.40. The predicted molar refractivity (Wildman–Crippen MR) is 95.1 cm³/mol. The minimum Gasteiger partial charge on any atom is -0.369 e. The lowest BCUT2D eigenvalue weighted by Crippen LogP contribution is -2.37. The van der Waals surface area contributed by atoms with Crippen LogP contribution in [0, 0.1) is 11.8 Å². The van der Waals surface area contributed by atoms with Crippen molar-refractivity contribution < 1.29 is 13.2 Å². The van der Waals surface area contributed by atoms with Crippen molar-refractivity contribution in [1.82, 2.24) is 4.72 Å². The van der Waals surface area contributed by atoms with Gasteiger partial charge in [0, 0.05) is 23.2 Å². The van der Waals surface area contributed by atoms with Crippen molar-refractivity contribution in [2.24, 2.45) is 11.8 Å². The predicted octanol–water partition coefficient (Wildman–Crippen LogP) is 2.51. The number of hydrogen-bond acceptors (Lipinski definition) is 4. The van der Waals surface area contributed by atoms with Crippen LogP contribution in [0.25, 0.3) is 0 Å². The quantitative estimate of drug-likeness (QED) is 0.778. The smallest absolute Gasteiger partial charge is 0.226 e. The van der Waals surface area contributed by atoms with Crippen LogP contribution in [0.2, 0.25) is 0 Å². The Morgan fingerprint density at radius 3 is 2.67 bits per heavy atom. The lowest BCUT2D eigenvalue weighted by molar-refractivity contribution is -0.118. The van der Waals surface area contributed by atoms with Gasteiger partial charge in [0.2, 0.25) is 15.9 Å². The highest BCUT2D eigenvalue weighted by atomic mass is 32.2. The van der Waals surface area contributed by atoms with Crippen LogP contribution in [0.15, 0.2) is 24.3 Å². The second-order valence-electron chi connectivity index (χ2n) is 7.00. The molecular formula is C17H25N3O3S. The van der Waals surface area contributed by atoms with Gasteiger partial charge in [0.15, 0.2) is 0 Å². The number of fused-ring (bicyclic) bond motifs is 1. The van der Waals surface area contributed by atoms with E-state index in [1.54, 1.807) is 0 Å². The van der Waals surface area contributed by atoms with Crippen molar-refractivity contribution in [2.45, 2.75) is 50.9 Å². The zero-order valence-electron chi connectivity index (χ0n) is 14.1. The Morgan fingerprint density at radius 1 is 1.21 bits per heavy atom. The summed E-state index contributed by atoms with van der Waals surface area (Å²) in [5, 5.41) is 5.87. The minimum absolute atomic E-state index is 0.0407. The van der Waals surface area contributed by atoms with Crippen LogP contribution in [0.3, 0.4) is 0 Å². The van der Waals surface area contributed by atoms with Gasteiger partial charge in [0.1, 0.15) is 0 Å². The Balaban J connectivity index is 1.73. The van der Waals surface area contributed by atoms with Gasteiger partial charge in [0.05, 0.1) is 11.4 Å². The van der Waals surface area contributed by atoms with Gasteiger partial charge in [-0.25, -0.2) is 8.42 Å². The summed E-state index contributed by atoms with van der Waals surface area (Å²) in [5.41, 5.74) is 1.51. The van der Waals surface area contributed by atoms with Crippen LogP contribution < -0.4 is 15.4 Å². The van der Waals surface area contributed by atoms with Crippen molar-refractivity contribution in [2.75, 3.05) is 10.6 Å². The molecule has 3 unspecified atom stereocenters. The molecule has 1 saturated carbocycles. The summed E-state index contributed by atoms with van der Waals surface area (Å²) in [7, 11) is -3.24. The second kappa shape index (κ2) is 6.72. The molecule has 0 bridgehead atoms. The molecule has 7 heteroatoms. The van der Waals surface area contributed by atoms with Gasteiger partial charge in [-0.3, -0.25) is 4.79 Å². The lowest BCUT2D eigenvalue weighted by atomic mass is 9.86. The van der Waals surface area contributed by atoms with Gasteiger partial charge in [-0.15, -0.1) is 0 Å². The topological polar surface area (TPSA) is 87.3 Å². The van der Waals surface area contributed by atoms with Crippen molar-refractivity contribution in [3.8, 4) is 0 Å². The van der Waals surface area contributed by atoms with E-state index in [4.69, 9.17) is 0 Å². The first-order chi connectivity index (χ1) is 11.4. The molecule has 1 saturated heterocycles. The SMILES string of the molecule is CC(C)C(=O)Nc1cccc(NC2NS(=O)(=O)C3CCCCC23)c1. The number of anilines is 2. The largest absolute Gasteiger partial charge is 0.369 e. The molecule has 1 aliphatic carbocycles. The third-order valence-corrected chi connectivity index (χ3v) is 6.81. The van der Waals surface area contributed by atoms with Gasteiger partial charge in [-0.2, -0.15) is 4.72 Å². The van der Waals surface area contributed by atoms with Crippen LogP contribution in [0.4, 0.5) is 11.4 Å². The highest BCUT2D eigenvalue weighted by molar-refractivity contribution is 7.90. The Labute approximate surface area is 143 Å². The van der Waals surface area contributed by atoms with Crippen LogP contribution in [-0.4, -0.2) is 25.7 Å². The number of nitrogens with one attached hydrogen (secondary N) is 3. The summed E-state index contributed by atoms with van der Waals surface area (Å²) in [4.78, 5) is 11.8. The fourth-order valence-corrected chi connectivity index (χ4v) is 5.53. The fraction of sp³-hybridized carbons (Fsp3) is 0.588. The van der Waals surface area contributed by atoms with Gasteiger partial charge < -0.3 is 10.6 Å². The average molecular weight is 351 g/mol. The molecule has 24 heavy (non-hydrogen) atoms. The summed E-state index contributed by atoms with van der Waals surface area (Å²) in [6.07, 6.45) is 3.42. The molecule has 3 atom stereocenters. The summed E-state index contributed by atoms with van der Waals surface area (Å²) in [6.45, 7) is 3.68. The van der Waals surface area contributed by atoms with Crippen molar-refractivity contribution in [1.29, 1.82) is 0 Å². The maximum atomic E-state index is 12.3. The maximum absolute atomic E-state index is 12.3. The van der Waals surface area contributed by atoms with E-state index in [0.29, 0.717) is 5.69 Å². The first-order valence-electron chi connectivity index (χ1n) is 8.55. The number of carbonyl (C=O) groups excluding carboxylic acids is 1. The molecule has 1 aliphatic heterocycles. The second-order valence-corrected chi connectivity index (χ2v) is 8.93. The molecule has 132 valence electrons. The van der Waals surface area contributed by atoms with Crippen LogP contribution in [0.5, 0.6) is 0 Å². The number of carbonyl (C=O) groups is 1. The van der Waals surface area contributed by atoms with E-state index in [0.717, 1.165) is 31.4 Å². The van der Waals surface area contributed by atoms with Crippen LogP contribution in [0.1, 0.15) is 39.5 Å². The molecule has 2 fully saturated rings. The van der Waals surface area contributed by atoms with Crippen molar-refractivity contribution in [3.05, 3.63) is 24.3 Å². The number of rotatable bonds is 4. The van der Waals surface area contributed by atoms with Crippen LogP contribution >= 0.6 is 0 Å². The van der Waals surface area contributed by atoms with E-state index in [1.165, 1.54) is 0 Å². The zero-order chi connectivity index (χ0) is 17.3. The average Bonchev–Trinajstić information content (AvgIpc) is 2.79. The molecule has 0 radical (unpaired) electrons. The number of hydrogen-bond donors (Lipinski definition) is 3. The van der Waals surface area contributed by atoms with Gasteiger partial charge in [0.25, 0.3) is 0 Å². The fourth-order valence-electron chi connectivity index (χ4n) is 3.53.